The van der Waals surface area contributed by atoms with Gasteiger partial charge in [-0.25, -0.2) is 4.98 Å². The lowest BCUT2D eigenvalue weighted by molar-refractivity contribution is 0.431. The van der Waals surface area contributed by atoms with Gasteiger partial charge in [0.1, 0.15) is 5.76 Å². The minimum atomic E-state index is 0.678. The molecule has 0 spiro atoms. The number of oxazole rings is 1. The molecule has 0 saturated heterocycles. The van der Waals surface area contributed by atoms with Crippen molar-refractivity contribution in [3.05, 3.63) is 40.8 Å². The average molecular weight is 304 g/mol. The predicted octanol–water partition coefficient (Wildman–Crippen LogP) is 4.50. The van der Waals surface area contributed by atoms with E-state index < -0.39 is 0 Å². The first-order valence-corrected chi connectivity index (χ1v) is 8.19. The molecule has 1 N–H and O–H groups in total. The molecule has 1 aromatic carbocycles. The molecule has 0 aliphatic heterocycles. The summed E-state index contributed by atoms with van der Waals surface area (Å²) in [7, 11) is 0. The Labute approximate surface area is 131 Å². The van der Waals surface area contributed by atoms with Crippen LogP contribution in [0.4, 0.5) is 0 Å². The van der Waals surface area contributed by atoms with Crippen molar-refractivity contribution in [1.29, 1.82) is 0 Å². The smallest absolute Gasteiger partial charge is 0.261 e. The fourth-order valence-electron chi connectivity index (χ4n) is 2.02. The number of benzene rings is 1. The largest absolute Gasteiger partial charge is 0.436 e. The van der Waals surface area contributed by atoms with Gasteiger partial charge in [0.05, 0.1) is 5.69 Å². The second kappa shape index (κ2) is 7.14. The minimum absolute atomic E-state index is 0.678. The first-order valence-electron chi connectivity index (χ1n) is 7.38. The van der Waals surface area contributed by atoms with Crippen LogP contribution in [0, 0.1) is 26.7 Å². The van der Waals surface area contributed by atoms with Crippen LogP contribution in [0.25, 0.3) is 0 Å². The standard InChI is InChI=1S/C17H24N2OS/c1-11(2)9-18-10-15-6-7-16(12(3)8-15)21-17-19-13(4)14(5)20-17/h6-8,11,18H,9-10H2,1-5H3. The van der Waals surface area contributed by atoms with Gasteiger partial charge in [-0.2, -0.15) is 0 Å². The quantitative estimate of drug-likeness (QED) is 0.853. The van der Waals surface area contributed by atoms with Gasteiger partial charge in [-0.05, 0) is 62.2 Å². The number of aryl methyl sites for hydroxylation is 3. The Morgan fingerprint density at radius 1 is 1.24 bits per heavy atom. The molecule has 0 atom stereocenters. The zero-order chi connectivity index (χ0) is 15.4. The van der Waals surface area contributed by atoms with E-state index in [1.165, 1.54) is 16.0 Å². The summed E-state index contributed by atoms with van der Waals surface area (Å²) in [5, 5.41) is 4.19. The number of rotatable bonds is 6. The summed E-state index contributed by atoms with van der Waals surface area (Å²) in [6.07, 6.45) is 0. The van der Waals surface area contributed by atoms with Crippen LogP contribution in [-0.4, -0.2) is 11.5 Å². The van der Waals surface area contributed by atoms with Gasteiger partial charge in [0.25, 0.3) is 5.22 Å². The van der Waals surface area contributed by atoms with Gasteiger partial charge in [-0.15, -0.1) is 0 Å². The van der Waals surface area contributed by atoms with Crippen molar-refractivity contribution in [3.63, 3.8) is 0 Å². The Bertz CT molecular complexity index is 585. The summed E-state index contributed by atoms with van der Waals surface area (Å²) in [5.41, 5.74) is 3.54. The van der Waals surface area contributed by atoms with Gasteiger partial charge in [0.15, 0.2) is 0 Å². The summed E-state index contributed by atoms with van der Waals surface area (Å²) in [4.78, 5) is 5.62. The summed E-state index contributed by atoms with van der Waals surface area (Å²) < 4.78 is 5.63. The van der Waals surface area contributed by atoms with E-state index in [9.17, 15) is 0 Å². The Morgan fingerprint density at radius 2 is 2.00 bits per heavy atom. The molecule has 0 amide bonds. The molecule has 0 aliphatic carbocycles. The first-order chi connectivity index (χ1) is 9.95. The molecule has 0 fully saturated rings. The first kappa shape index (κ1) is 16.1. The average Bonchev–Trinajstić information content (AvgIpc) is 2.71. The van der Waals surface area contributed by atoms with E-state index in [2.05, 4.69) is 49.3 Å². The number of hydrogen-bond acceptors (Lipinski definition) is 4. The summed E-state index contributed by atoms with van der Waals surface area (Å²) in [5.74, 6) is 1.57. The van der Waals surface area contributed by atoms with Crippen molar-refractivity contribution in [3.8, 4) is 0 Å². The van der Waals surface area contributed by atoms with Gasteiger partial charge >= 0.3 is 0 Å². The van der Waals surface area contributed by atoms with Crippen molar-refractivity contribution in [1.82, 2.24) is 10.3 Å². The van der Waals surface area contributed by atoms with Crippen LogP contribution >= 0.6 is 11.8 Å². The molecule has 21 heavy (non-hydrogen) atoms. The lowest BCUT2D eigenvalue weighted by Gasteiger charge is -2.09. The van der Waals surface area contributed by atoms with Gasteiger partial charge in [0.2, 0.25) is 0 Å². The highest BCUT2D eigenvalue weighted by Crippen LogP contribution is 2.31. The molecular weight excluding hydrogens is 280 g/mol. The van der Waals surface area contributed by atoms with Crippen LogP contribution in [0.1, 0.15) is 36.4 Å². The van der Waals surface area contributed by atoms with Crippen LogP contribution in [-0.2, 0) is 6.54 Å². The van der Waals surface area contributed by atoms with Gasteiger partial charge in [-0.1, -0.05) is 26.0 Å². The summed E-state index contributed by atoms with van der Waals surface area (Å²) >= 11 is 1.59. The van der Waals surface area contributed by atoms with Crippen LogP contribution in [0.15, 0.2) is 32.7 Å². The van der Waals surface area contributed by atoms with E-state index >= 15 is 0 Å². The summed E-state index contributed by atoms with van der Waals surface area (Å²) in [6, 6.07) is 6.56. The Hall–Kier alpha value is -1.26. The van der Waals surface area contributed by atoms with Gasteiger partial charge in [-0.3, -0.25) is 0 Å². The third-order valence-electron chi connectivity index (χ3n) is 3.33. The number of nitrogens with one attached hydrogen (secondary N) is 1. The van der Waals surface area contributed by atoms with E-state index in [-0.39, 0.29) is 0 Å². The Balaban J connectivity index is 2.01. The molecule has 4 heteroatoms. The van der Waals surface area contributed by atoms with Gasteiger partial charge < -0.3 is 9.73 Å². The molecule has 0 saturated carbocycles. The SMILES string of the molecule is Cc1cc(CNCC(C)C)ccc1Sc1nc(C)c(C)o1. The molecule has 0 unspecified atom stereocenters. The maximum atomic E-state index is 5.63. The molecule has 1 heterocycles. The van der Waals surface area contributed by atoms with Crippen molar-refractivity contribution in [2.75, 3.05) is 6.54 Å². The van der Waals surface area contributed by atoms with Crippen LogP contribution in [0.5, 0.6) is 0 Å². The molecule has 0 aliphatic rings. The van der Waals surface area contributed by atoms with E-state index in [0.717, 1.165) is 29.8 Å². The molecule has 0 radical (unpaired) electrons. The number of aromatic nitrogens is 1. The van der Waals surface area contributed by atoms with Crippen molar-refractivity contribution < 1.29 is 4.42 Å². The monoisotopic (exact) mass is 304 g/mol. The molecule has 114 valence electrons. The highest BCUT2D eigenvalue weighted by atomic mass is 32.2. The molecule has 3 nitrogen and oxygen atoms in total. The zero-order valence-electron chi connectivity index (χ0n) is 13.5. The van der Waals surface area contributed by atoms with Crippen LogP contribution < -0.4 is 5.32 Å². The Morgan fingerprint density at radius 3 is 2.57 bits per heavy atom. The third-order valence-corrected chi connectivity index (χ3v) is 4.35. The van der Waals surface area contributed by atoms with Gasteiger partial charge in [0, 0.05) is 11.4 Å². The van der Waals surface area contributed by atoms with E-state index in [0.29, 0.717) is 5.92 Å². The highest BCUT2D eigenvalue weighted by Gasteiger charge is 2.09. The highest BCUT2D eigenvalue weighted by molar-refractivity contribution is 7.99. The fourth-order valence-corrected chi connectivity index (χ4v) is 2.92. The molecule has 1 aromatic heterocycles. The lowest BCUT2D eigenvalue weighted by atomic mass is 10.1. The van der Waals surface area contributed by atoms with E-state index in [1.807, 2.05) is 13.8 Å². The van der Waals surface area contributed by atoms with Crippen LogP contribution in [0.3, 0.4) is 0 Å². The normalized spacial score (nSPS) is 11.3. The van der Waals surface area contributed by atoms with Crippen molar-refractivity contribution in [2.45, 2.75) is 51.3 Å². The molecular formula is C17H24N2OS. The maximum absolute atomic E-state index is 5.63. The maximum Gasteiger partial charge on any atom is 0.261 e. The second-order valence-corrected chi connectivity index (χ2v) is 6.84. The fraction of sp³-hybridized carbons (Fsp3) is 0.471. The van der Waals surface area contributed by atoms with Crippen LogP contribution in [0.2, 0.25) is 0 Å². The van der Waals surface area contributed by atoms with E-state index in [4.69, 9.17) is 4.42 Å². The van der Waals surface area contributed by atoms with E-state index in [1.54, 1.807) is 11.8 Å². The molecule has 0 bridgehead atoms. The number of nitrogens with zero attached hydrogens (tertiary/aromatic N) is 1. The summed E-state index contributed by atoms with van der Waals surface area (Å²) in [6.45, 7) is 12.5. The predicted molar refractivity (Wildman–Crippen MR) is 87.8 cm³/mol. The third kappa shape index (κ3) is 4.61. The molecule has 2 rings (SSSR count). The molecule has 2 aromatic rings. The lowest BCUT2D eigenvalue weighted by Crippen LogP contribution is -2.18. The zero-order valence-corrected chi connectivity index (χ0v) is 14.3. The number of hydrogen-bond donors (Lipinski definition) is 1. The Kier molecular flexibility index (Phi) is 5.48. The van der Waals surface area contributed by atoms with Crippen molar-refractivity contribution >= 4 is 11.8 Å². The van der Waals surface area contributed by atoms with Crippen molar-refractivity contribution in [2.24, 2.45) is 5.92 Å². The minimum Gasteiger partial charge on any atom is -0.436 e. The second-order valence-electron chi connectivity index (χ2n) is 5.85. The topological polar surface area (TPSA) is 38.1 Å².